The summed E-state index contributed by atoms with van der Waals surface area (Å²) in [4.78, 5) is 0. The van der Waals surface area contributed by atoms with Crippen molar-refractivity contribution in [2.45, 2.75) is 19.8 Å². The molecule has 1 aliphatic carbocycles. The molecule has 1 saturated carbocycles. The first-order chi connectivity index (χ1) is 3.83. The van der Waals surface area contributed by atoms with Crippen LogP contribution < -0.4 is 5.09 Å². The lowest BCUT2D eigenvalue weighted by atomic mass is 9.82. The van der Waals surface area contributed by atoms with E-state index in [4.69, 9.17) is 0 Å². The molecular formula is C6H12NP. The van der Waals surface area contributed by atoms with Gasteiger partial charge in [0.15, 0.2) is 0 Å². The van der Waals surface area contributed by atoms with Crippen LogP contribution in [0.3, 0.4) is 0 Å². The first kappa shape index (κ1) is 6.10. The van der Waals surface area contributed by atoms with E-state index < -0.39 is 0 Å². The Hall–Kier alpha value is -0.0300. The molecule has 0 aromatic carbocycles. The van der Waals surface area contributed by atoms with Crippen molar-refractivity contribution in [1.29, 1.82) is 0 Å². The monoisotopic (exact) mass is 129 g/mol. The number of allylic oxidation sites excluding steroid dienone is 1. The Balaban J connectivity index is 2.23. The van der Waals surface area contributed by atoms with Crippen LogP contribution >= 0.6 is 9.39 Å². The normalized spacial score (nSPS) is 26.8. The van der Waals surface area contributed by atoms with E-state index in [-0.39, 0.29) is 0 Å². The van der Waals surface area contributed by atoms with Gasteiger partial charge < -0.3 is 5.09 Å². The smallest absolute Gasteiger partial charge is 0.00152 e. The van der Waals surface area contributed by atoms with Gasteiger partial charge in [0, 0.05) is 0 Å². The molecule has 0 amide bonds. The predicted molar refractivity (Wildman–Crippen MR) is 39.3 cm³/mol. The topological polar surface area (TPSA) is 12.0 Å². The van der Waals surface area contributed by atoms with E-state index in [1.165, 1.54) is 12.8 Å². The van der Waals surface area contributed by atoms with Crippen LogP contribution in [0.5, 0.6) is 0 Å². The van der Waals surface area contributed by atoms with Crippen molar-refractivity contribution in [3.63, 3.8) is 0 Å². The molecule has 0 spiro atoms. The van der Waals surface area contributed by atoms with Crippen molar-refractivity contribution < 1.29 is 0 Å². The summed E-state index contributed by atoms with van der Waals surface area (Å²) in [6.07, 6.45) is 4.66. The van der Waals surface area contributed by atoms with Crippen LogP contribution in [0.15, 0.2) is 11.8 Å². The molecule has 1 nitrogen and oxygen atoms in total. The van der Waals surface area contributed by atoms with Crippen LogP contribution in [0.25, 0.3) is 0 Å². The van der Waals surface area contributed by atoms with Crippen molar-refractivity contribution in [3.8, 4) is 0 Å². The third-order valence-electron chi connectivity index (χ3n) is 1.51. The zero-order valence-electron chi connectivity index (χ0n) is 5.15. The Bertz CT molecular complexity index is 101. The second-order valence-electron chi connectivity index (χ2n) is 2.48. The standard InChI is InChI=1S/C6H12NP/c1-5-2-6(3-5)4-7-8/h4-5,7H,2-3,8H2,1H3. The molecular weight excluding hydrogens is 117 g/mol. The highest BCUT2D eigenvalue weighted by molar-refractivity contribution is 7.13. The Morgan fingerprint density at radius 1 is 1.75 bits per heavy atom. The molecule has 1 atom stereocenters. The van der Waals surface area contributed by atoms with Gasteiger partial charge in [-0.3, -0.25) is 0 Å². The van der Waals surface area contributed by atoms with Gasteiger partial charge in [-0.2, -0.15) is 0 Å². The highest BCUT2D eigenvalue weighted by Crippen LogP contribution is 2.31. The second kappa shape index (κ2) is 2.50. The lowest BCUT2D eigenvalue weighted by Crippen LogP contribution is -2.11. The fourth-order valence-electron chi connectivity index (χ4n) is 1.07. The summed E-state index contributed by atoms with van der Waals surface area (Å²) in [5.41, 5.74) is 1.55. The molecule has 1 aliphatic rings. The minimum atomic E-state index is 0.930. The maximum Gasteiger partial charge on any atom is -0.00152 e. The minimum absolute atomic E-state index is 0.930. The molecule has 0 radical (unpaired) electrons. The van der Waals surface area contributed by atoms with Gasteiger partial charge in [-0.05, 0) is 34.4 Å². The van der Waals surface area contributed by atoms with Gasteiger partial charge in [0.2, 0.25) is 0 Å². The molecule has 0 bridgehead atoms. The number of nitrogens with one attached hydrogen (secondary N) is 1. The fourth-order valence-corrected chi connectivity index (χ4v) is 1.31. The summed E-state index contributed by atoms with van der Waals surface area (Å²) in [6, 6.07) is 0. The van der Waals surface area contributed by atoms with Crippen LogP contribution in [-0.4, -0.2) is 0 Å². The molecule has 1 fully saturated rings. The van der Waals surface area contributed by atoms with Crippen LogP contribution in [0.2, 0.25) is 0 Å². The molecule has 1 rings (SSSR count). The number of hydrogen-bond acceptors (Lipinski definition) is 1. The summed E-state index contributed by atoms with van der Waals surface area (Å²) >= 11 is 0. The van der Waals surface area contributed by atoms with Crippen LogP contribution in [0.4, 0.5) is 0 Å². The second-order valence-corrected chi connectivity index (χ2v) is 2.82. The molecule has 2 heteroatoms. The lowest BCUT2D eigenvalue weighted by Gasteiger charge is -2.24. The fraction of sp³-hybridized carbons (Fsp3) is 0.667. The van der Waals surface area contributed by atoms with E-state index in [1.807, 2.05) is 0 Å². The molecule has 0 aromatic heterocycles. The maximum absolute atomic E-state index is 2.94. The Morgan fingerprint density at radius 2 is 2.38 bits per heavy atom. The summed E-state index contributed by atoms with van der Waals surface area (Å²) in [6.45, 7) is 2.28. The SMILES string of the molecule is CC1CC(=CNP)C1. The summed E-state index contributed by atoms with van der Waals surface area (Å²) in [5.74, 6) is 0.930. The average molecular weight is 129 g/mol. The maximum atomic E-state index is 2.94. The summed E-state index contributed by atoms with van der Waals surface area (Å²) in [7, 11) is 2.47. The van der Waals surface area contributed by atoms with Crippen molar-refractivity contribution in [1.82, 2.24) is 5.09 Å². The first-order valence-electron chi connectivity index (χ1n) is 2.97. The quantitative estimate of drug-likeness (QED) is 0.531. The minimum Gasteiger partial charge on any atom is -0.375 e. The molecule has 0 saturated heterocycles. The zero-order chi connectivity index (χ0) is 5.98. The van der Waals surface area contributed by atoms with Gasteiger partial charge in [0.1, 0.15) is 0 Å². The van der Waals surface area contributed by atoms with Gasteiger partial charge >= 0.3 is 0 Å². The highest BCUT2D eigenvalue weighted by Gasteiger charge is 2.16. The van der Waals surface area contributed by atoms with E-state index in [0.717, 1.165) is 5.92 Å². The molecule has 1 unspecified atom stereocenters. The van der Waals surface area contributed by atoms with Gasteiger partial charge in [-0.1, -0.05) is 12.5 Å². The Morgan fingerprint density at radius 3 is 2.75 bits per heavy atom. The van der Waals surface area contributed by atoms with Gasteiger partial charge in [-0.15, -0.1) is 0 Å². The van der Waals surface area contributed by atoms with Crippen LogP contribution in [0.1, 0.15) is 19.8 Å². The molecule has 8 heavy (non-hydrogen) atoms. The lowest BCUT2D eigenvalue weighted by molar-refractivity contribution is 0.458. The van der Waals surface area contributed by atoms with E-state index in [1.54, 1.807) is 5.57 Å². The van der Waals surface area contributed by atoms with Crippen LogP contribution in [-0.2, 0) is 0 Å². The molecule has 0 aromatic rings. The van der Waals surface area contributed by atoms with Gasteiger partial charge in [0.05, 0.1) is 0 Å². The Kier molecular flexibility index (Phi) is 1.90. The summed E-state index contributed by atoms with van der Waals surface area (Å²) in [5, 5.41) is 2.94. The largest absolute Gasteiger partial charge is 0.375 e. The molecule has 0 heterocycles. The van der Waals surface area contributed by atoms with Crippen LogP contribution in [0, 0.1) is 5.92 Å². The third-order valence-corrected chi connectivity index (χ3v) is 1.68. The van der Waals surface area contributed by atoms with E-state index in [0.29, 0.717) is 0 Å². The number of rotatable bonds is 1. The summed E-state index contributed by atoms with van der Waals surface area (Å²) < 4.78 is 0. The van der Waals surface area contributed by atoms with E-state index in [2.05, 4.69) is 27.6 Å². The average Bonchev–Trinajstić information content (AvgIpc) is 1.64. The van der Waals surface area contributed by atoms with Gasteiger partial charge in [0.25, 0.3) is 0 Å². The van der Waals surface area contributed by atoms with Crippen molar-refractivity contribution in [2.75, 3.05) is 0 Å². The number of hydrogen-bond donors (Lipinski definition) is 1. The van der Waals surface area contributed by atoms with E-state index in [9.17, 15) is 0 Å². The Labute approximate surface area is 52.8 Å². The third kappa shape index (κ3) is 1.23. The molecule has 1 N–H and O–H groups in total. The van der Waals surface area contributed by atoms with E-state index >= 15 is 0 Å². The van der Waals surface area contributed by atoms with Gasteiger partial charge in [-0.25, -0.2) is 0 Å². The highest BCUT2D eigenvalue weighted by atomic mass is 31.0. The van der Waals surface area contributed by atoms with Crippen molar-refractivity contribution >= 4 is 9.39 Å². The van der Waals surface area contributed by atoms with Crippen molar-refractivity contribution in [3.05, 3.63) is 11.8 Å². The first-order valence-corrected chi connectivity index (χ1v) is 3.54. The molecule has 0 aliphatic heterocycles. The zero-order valence-corrected chi connectivity index (χ0v) is 6.30. The van der Waals surface area contributed by atoms with Crippen molar-refractivity contribution in [2.24, 2.45) is 5.92 Å². The predicted octanol–water partition coefficient (Wildman–Crippen LogP) is 1.68. The molecule has 46 valence electrons.